The fourth-order valence-corrected chi connectivity index (χ4v) is 4.26. The Morgan fingerprint density at radius 2 is 1.70 bits per heavy atom. The predicted octanol–water partition coefficient (Wildman–Crippen LogP) is 4.02. The molecule has 3 N–H and O–H groups in total. The lowest BCUT2D eigenvalue weighted by atomic mass is 10.0. The van der Waals surface area contributed by atoms with Crippen LogP contribution >= 0.6 is 0 Å². The number of aromatic nitrogens is 1. The van der Waals surface area contributed by atoms with E-state index in [1.54, 1.807) is 10.8 Å². The molecule has 0 fully saturated rings. The van der Waals surface area contributed by atoms with E-state index >= 15 is 0 Å². The molecule has 0 spiro atoms. The van der Waals surface area contributed by atoms with Crippen molar-refractivity contribution in [3.63, 3.8) is 0 Å². The Morgan fingerprint density at radius 1 is 1.00 bits per heavy atom. The van der Waals surface area contributed by atoms with E-state index in [4.69, 9.17) is 5.73 Å². The SMILES string of the molecule is Nc1ccc(-c2ccc(-c3ccccc3S(=O)(=O)NC(CF)C(F)F)cc2F)cn1. The first-order valence-electron chi connectivity index (χ1n) is 8.70. The molecule has 0 radical (unpaired) electrons. The summed E-state index contributed by atoms with van der Waals surface area (Å²) in [5.74, 6) is -0.369. The van der Waals surface area contributed by atoms with Gasteiger partial charge in [0, 0.05) is 22.9 Å². The molecule has 158 valence electrons. The van der Waals surface area contributed by atoms with Gasteiger partial charge >= 0.3 is 0 Å². The Kier molecular flexibility index (Phi) is 6.37. The standard InChI is InChI=1S/C20H17F4N3O2S/c21-10-17(20(23)24)27-30(28,29)18-4-2-1-3-15(18)12-5-7-14(16(22)9-12)13-6-8-19(25)26-11-13/h1-9,11,17,20,27H,10H2,(H2,25,26). The number of benzene rings is 2. The molecule has 0 aliphatic carbocycles. The summed E-state index contributed by atoms with van der Waals surface area (Å²) in [7, 11) is -4.49. The highest BCUT2D eigenvalue weighted by Crippen LogP contribution is 2.31. The second-order valence-corrected chi connectivity index (χ2v) is 8.06. The molecule has 0 saturated heterocycles. The summed E-state index contributed by atoms with van der Waals surface area (Å²) in [5.41, 5.74) is 6.50. The number of rotatable bonds is 7. The third-order valence-electron chi connectivity index (χ3n) is 4.33. The fourth-order valence-electron chi connectivity index (χ4n) is 2.83. The van der Waals surface area contributed by atoms with Crippen LogP contribution < -0.4 is 10.5 Å². The van der Waals surface area contributed by atoms with Gasteiger partial charge in [0.05, 0.1) is 4.90 Å². The van der Waals surface area contributed by atoms with Gasteiger partial charge in [0.1, 0.15) is 24.4 Å². The number of nitrogens with one attached hydrogen (secondary N) is 1. The van der Waals surface area contributed by atoms with Crippen LogP contribution in [0.25, 0.3) is 22.3 Å². The molecule has 1 aromatic heterocycles. The number of nitrogen functional groups attached to an aromatic ring is 1. The smallest absolute Gasteiger partial charge is 0.257 e. The van der Waals surface area contributed by atoms with Gasteiger partial charge in [0.25, 0.3) is 6.43 Å². The molecule has 0 aliphatic heterocycles. The van der Waals surface area contributed by atoms with E-state index in [9.17, 15) is 26.0 Å². The summed E-state index contributed by atoms with van der Waals surface area (Å²) in [4.78, 5) is 3.54. The number of nitrogens with zero attached hydrogens (tertiary/aromatic N) is 1. The van der Waals surface area contributed by atoms with Crippen molar-refractivity contribution < 1.29 is 26.0 Å². The number of anilines is 1. The van der Waals surface area contributed by atoms with E-state index in [-0.39, 0.29) is 27.4 Å². The first-order chi connectivity index (χ1) is 14.2. The second kappa shape index (κ2) is 8.80. The molecule has 1 unspecified atom stereocenters. The first kappa shape index (κ1) is 21.7. The number of pyridine rings is 1. The number of halogens is 4. The Bertz CT molecular complexity index is 1140. The zero-order chi connectivity index (χ0) is 21.9. The molecule has 0 bridgehead atoms. The maximum absolute atomic E-state index is 14.7. The van der Waals surface area contributed by atoms with Crippen molar-refractivity contribution in [2.45, 2.75) is 17.4 Å². The van der Waals surface area contributed by atoms with Crippen molar-refractivity contribution in [1.82, 2.24) is 9.71 Å². The number of nitrogens with two attached hydrogens (primary N) is 1. The van der Waals surface area contributed by atoms with E-state index in [1.807, 2.05) is 0 Å². The third kappa shape index (κ3) is 4.60. The van der Waals surface area contributed by atoms with Gasteiger partial charge in [-0.05, 0) is 29.8 Å². The van der Waals surface area contributed by atoms with Crippen LogP contribution in [0.2, 0.25) is 0 Å². The highest BCUT2D eigenvalue weighted by atomic mass is 32.2. The van der Waals surface area contributed by atoms with Gasteiger partial charge in [-0.1, -0.05) is 30.3 Å². The molecule has 30 heavy (non-hydrogen) atoms. The highest BCUT2D eigenvalue weighted by Gasteiger charge is 2.28. The number of hydrogen-bond acceptors (Lipinski definition) is 4. The van der Waals surface area contributed by atoms with Gasteiger partial charge in [0.15, 0.2) is 0 Å². The lowest BCUT2D eigenvalue weighted by Crippen LogP contribution is -2.41. The summed E-state index contributed by atoms with van der Waals surface area (Å²) in [6.07, 6.45) is -1.82. The normalized spacial score (nSPS) is 12.8. The number of sulfonamides is 1. The fraction of sp³-hybridized carbons (Fsp3) is 0.150. The molecule has 3 aromatic rings. The van der Waals surface area contributed by atoms with Gasteiger partial charge in [0.2, 0.25) is 10.0 Å². The van der Waals surface area contributed by atoms with Crippen LogP contribution in [0.4, 0.5) is 23.4 Å². The van der Waals surface area contributed by atoms with Gasteiger partial charge in [-0.15, -0.1) is 0 Å². The molecule has 0 saturated carbocycles. The maximum Gasteiger partial charge on any atom is 0.257 e. The average molecular weight is 439 g/mol. The van der Waals surface area contributed by atoms with E-state index in [1.165, 1.54) is 48.7 Å². The Hall–Kier alpha value is -2.98. The molecule has 10 heteroatoms. The summed E-state index contributed by atoms with van der Waals surface area (Å²) in [6.45, 7) is -1.57. The third-order valence-corrected chi connectivity index (χ3v) is 5.88. The minimum Gasteiger partial charge on any atom is -0.384 e. The highest BCUT2D eigenvalue weighted by molar-refractivity contribution is 7.89. The van der Waals surface area contributed by atoms with Crippen LogP contribution in [0, 0.1) is 5.82 Å². The van der Waals surface area contributed by atoms with Crippen LogP contribution in [0.15, 0.2) is 65.7 Å². The summed E-state index contributed by atoms with van der Waals surface area (Å²) in [6, 6.07) is 10.5. The molecular formula is C20H17F4N3O2S. The minimum atomic E-state index is -4.49. The van der Waals surface area contributed by atoms with Crippen LogP contribution in [0.5, 0.6) is 0 Å². The van der Waals surface area contributed by atoms with Crippen molar-refractivity contribution >= 4 is 15.8 Å². The molecular weight excluding hydrogens is 422 g/mol. The van der Waals surface area contributed by atoms with Gasteiger partial charge < -0.3 is 5.73 Å². The van der Waals surface area contributed by atoms with E-state index in [0.717, 1.165) is 6.07 Å². The van der Waals surface area contributed by atoms with Crippen LogP contribution in [-0.2, 0) is 10.0 Å². The van der Waals surface area contributed by atoms with Gasteiger partial charge in [-0.3, -0.25) is 0 Å². The van der Waals surface area contributed by atoms with Crippen molar-refractivity contribution in [2.24, 2.45) is 0 Å². The molecule has 0 amide bonds. The van der Waals surface area contributed by atoms with Crippen molar-refractivity contribution in [1.29, 1.82) is 0 Å². The van der Waals surface area contributed by atoms with Crippen LogP contribution in [-0.4, -0.2) is 32.5 Å². The van der Waals surface area contributed by atoms with Crippen molar-refractivity contribution in [2.75, 3.05) is 12.4 Å². The first-order valence-corrected chi connectivity index (χ1v) is 10.2. The van der Waals surface area contributed by atoms with E-state index < -0.39 is 35.0 Å². The minimum absolute atomic E-state index is 0.0813. The van der Waals surface area contributed by atoms with E-state index in [2.05, 4.69) is 4.98 Å². The zero-order valence-corrected chi connectivity index (χ0v) is 16.2. The Morgan fingerprint density at radius 3 is 2.30 bits per heavy atom. The number of hydrogen-bond donors (Lipinski definition) is 2. The van der Waals surface area contributed by atoms with Crippen LogP contribution in [0.3, 0.4) is 0 Å². The number of alkyl halides is 3. The zero-order valence-electron chi connectivity index (χ0n) is 15.4. The topological polar surface area (TPSA) is 85.1 Å². The molecule has 1 atom stereocenters. The van der Waals surface area contributed by atoms with Gasteiger partial charge in [-0.25, -0.2) is 31.0 Å². The van der Waals surface area contributed by atoms with Gasteiger partial charge in [-0.2, -0.15) is 4.72 Å². The molecule has 5 nitrogen and oxygen atoms in total. The molecule has 1 heterocycles. The molecule has 3 rings (SSSR count). The second-order valence-electron chi connectivity index (χ2n) is 6.38. The van der Waals surface area contributed by atoms with E-state index in [0.29, 0.717) is 5.56 Å². The quantitative estimate of drug-likeness (QED) is 0.545. The Labute approximate surface area is 170 Å². The molecule has 0 aliphatic rings. The van der Waals surface area contributed by atoms with Crippen molar-refractivity contribution in [3.8, 4) is 22.3 Å². The maximum atomic E-state index is 14.7. The molecule has 2 aromatic carbocycles. The van der Waals surface area contributed by atoms with Crippen molar-refractivity contribution in [3.05, 3.63) is 66.6 Å². The summed E-state index contributed by atoms with van der Waals surface area (Å²) in [5, 5.41) is 0. The Balaban J connectivity index is 2.01. The lowest BCUT2D eigenvalue weighted by Gasteiger charge is -2.17. The lowest BCUT2D eigenvalue weighted by molar-refractivity contribution is 0.0958. The summed E-state index contributed by atoms with van der Waals surface area (Å²) < 4.78 is 80.0. The largest absolute Gasteiger partial charge is 0.384 e. The average Bonchev–Trinajstić information content (AvgIpc) is 2.72. The monoisotopic (exact) mass is 439 g/mol. The van der Waals surface area contributed by atoms with Crippen LogP contribution in [0.1, 0.15) is 0 Å². The predicted molar refractivity (Wildman–Crippen MR) is 106 cm³/mol. The summed E-state index contributed by atoms with van der Waals surface area (Å²) >= 11 is 0.